The topological polar surface area (TPSA) is 55.1 Å². The van der Waals surface area contributed by atoms with E-state index in [9.17, 15) is 13.6 Å². The van der Waals surface area contributed by atoms with E-state index >= 15 is 0 Å². The summed E-state index contributed by atoms with van der Waals surface area (Å²) >= 11 is 0. The lowest BCUT2D eigenvalue weighted by atomic mass is 10.1. The number of hydrogen-bond donors (Lipinski definition) is 2. The van der Waals surface area contributed by atoms with E-state index in [0.29, 0.717) is 11.3 Å². The normalized spacial score (nSPS) is 10.3. The molecule has 0 spiro atoms. The summed E-state index contributed by atoms with van der Waals surface area (Å²) in [6.07, 6.45) is 0. The Morgan fingerprint density at radius 2 is 1.89 bits per heavy atom. The van der Waals surface area contributed by atoms with Crippen molar-refractivity contribution in [1.82, 2.24) is 0 Å². The van der Waals surface area contributed by atoms with Gasteiger partial charge in [0.2, 0.25) is 0 Å². The summed E-state index contributed by atoms with van der Waals surface area (Å²) in [5.74, 6) is -1.60. The van der Waals surface area contributed by atoms with Crippen LogP contribution in [0, 0.1) is 18.6 Å². The number of benzene rings is 2. The first-order chi connectivity index (χ1) is 8.99. The molecule has 2 aromatic rings. The summed E-state index contributed by atoms with van der Waals surface area (Å²) in [4.78, 5) is 11.9. The van der Waals surface area contributed by atoms with Gasteiger partial charge in [0.05, 0.1) is 5.69 Å². The zero-order valence-corrected chi connectivity index (χ0v) is 10.2. The van der Waals surface area contributed by atoms with Crippen LogP contribution in [0.25, 0.3) is 0 Å². The highest BCUT2D eigenvalue weighted by atomic mass is 19.1. The molecule has 0 fully saturated rings. The molecule has 0 aliphatic heterocycles. The SMILES string of the molecule is Cc1c(F)cccc1NC(=O)c1ccc(N)c(F)c1. The van der Waals surface area contributed by atoms with Crippen LogP contribution in [0.1, 0.15) is 15.9 Å². The smallest absolute Gasteiger partial charge is 0.255 e. The van der Waals surface area contributed by atoms with E-state index in [1.165, 1.54) is 24.3 Å². The molecule has 0 saturated heterocycles. The zero-order valence-electron chi connectivity index (χ0n) is 10.2. The third-order valence-corrected chi connectivity index (χ3v) is 2.78. The largest absolute Gasteiger partial charge is 0.396 e. The number of nitrogens with one attached hydrogen (secondary N) is 1. The van der Waals surface area contributed by atoms with E-state index in [0.717, 1.165) is 6.07 Å². The van der Waals surface area contributed by atoms with Crippen molar-refractivity contribution in [1.29, 1.82) is 0 Å². The third-order valence-electron chi connectivity index (χ3n) is 2.78. The fourth-order valence-electron chi connectivity index (χ4n) is 1.61. The maximum atomic E-state index is 13.3. The second kappa shape index (κ2) is 5.06. The fraction of sp³-hybridized carbons (Fsp3) is 0.0714. The number of halogens is 2. The Bertz CT molecular complexity index is 641. The quantitative estimate of drug-likeness (QED) is 0.817. The standard InChI is InChI=1S/C14H12F2N2O/c1-8-10(15)3-2-4-13(8)18-14(19)9-5-6-12(17)11(16)7-9/h2-7H,17H2,1H3,(H,18,19). The van der Waals surface area contributed by atoms with E-state index in [1.807, 2.05) is 0 Å². The lowest BCUT2D eigenvalue weighted by Gasteiger charge is -2.09. The predicted molar refractivity (Wildman–Crippen MR) is 69.9 cm³/mol. The first-order valence-electron chi connectivity index (χ1n) is 5.60. The van der Waals surface area contributed by atoms with Crippen LogP contribution in [-0.4, -0.2) is 5.91 Å². The minimum atomic E-state index is -0.663. The number of nitrogen functional groups attached to an aromatic ring is 1. The van der Waals surface area contributed by atoms with Crippen molar-refractivity contribution in [3.63, 3.8) is 0 Å². The Balaban J connectivity index is 2.26. The highest BCUT2D eigenvalue weighted by Gasteiger charge is 2.11. The maximum Gasteiger partial charge on any atom is 0.255 e. The summed E-state index contributed by atoms with van der Waals surface area (Å²) in [6.45, 7) is 1.55. The Morgan fingerprint density at radius 1 is 1.16 bits per heavy atom. The number of nitrogens with two attached hydrogens (primary N) is 1. The molecule has 2 rings (SSSR count). The second-order valence-corrected chi connectivity index (χ2v) is 4.10. The molecule has 0 unspecified atom stereocenters. The average Bonchev–Trinajstić information content (AvgIpc) is 2.38. The molecule has 0 saturated carbocycles. The van der Waals surface area contributed by atoms with E-state index in [4.69, 9.17) is 5.73 Å². The van der Waals surface area contributed by atoms with Gasteiger partial charge in [0.1, 0.15) is 11.6 Å². The van der Waals surface area contributed by atoms with Gasteiger partial charge in [0.25, 0.3) is 5.91 Å². The Kier molecular flexibility index (Phi) is 3.46. The molecule has 5 heteroatoms. The van der Waals surface area contributed by atoms with Gasteiger partial charge < -0.3 is 11.1 Å². The van der Waals surface area contributed by atoms with Crippen LogP contribution in [0.3, 0.4) is 0 Å². The number of carbonyl (C=O) groups is 1. The van der Waals surface area contributed by atoms with Gasteiger partial charge in [-0.2, -0.15) is 0 Å². The Morgan fingerprint density at radius 3 is 2.58 bits per heavy atom. The molecule has 0 atom stereocenters. The van der Waals surface area contributed by atoms with Crippen molar-refractivity contribution in [3.8, 4) is 0 Å². The number of carbonyl (C=O) groups excluding carboxylic acids is 1. The van der Waals surface area contributed by atoms with Gasteiger partial charge in [-0.3, -0.25) is 4.79 Å². The van der Waals surface area contributed by atoms with Crippen LogP contribution >= 0.6 is 0 Å². The maximum absolute atomic E-state index is 13.3. The number of anilines is 2. The van der Waals surface area contributed by atoms with Crippen molar-refractivity contribution < 1.29 is 13.6 Å². The highest BCUT2D eigenvalue weighted by molar-refractivity contribution is 6.04. The third kappa shape index (κ3) is 2.70. The van der Waals surface area contributed by atoms with Crippen LogP contribution in [0.4, 0.5) is 20.2 Å². The Labute approximate surface area is 109 Å². The highest BCUT2D eigenvalue weighted by Crippen LogP contribution is 2.19. The lowest BCUT2D eigenvalue weighted by molar-refractivity contribution is 0.102. The van der Waals surface area contributed by atoms with Gasteiger partial charge in [-0.05, 0) is 37.3 Å². The second-order valence-electron chi connectivity index (χ2n) is 4.10. The molecule has 1 amide bonds. The molecule has 0 aliphatic carbocycles. The molecule has 0 heterocycles. The molecule has 3 N–H and O–H groups in total. The summed E-state index contributed by atoms with van der Waals surface area (Å²) in [5, 5.41) is 2.53. The van der Waals surface area contributed by atoms with Crippen molar-refractivity contribution in [2.75, 3.05) is 11.1 Å². The molecule has 3 nitrogen and oxygen atoms in total. The summed E-state index contributed by atoms with van der Waals surface area (Å²) in [6, 6.07) is 8.11. The van der Waals surface area contributed by atoms with Gasteiger partial charge >= 0.3 is 0 Å². The minimum absolute atomic E-state index is 0.0292. The molecular formula is C14H12F2N2O. The van der Waals surface area contributed by atoms with Crippen molar-refractivity contribution in [3.05, 3.63) is 59.2 Å². The monoisotopic (exact) mass is 262 g/mol. The molecule has 0 bridgehead atoms. The van der Waals surface area contributed by atoms with Gasteiger partial charge in [-0.25, -0.2) is 8.78 Å². The first-order valence-corrected chi connectivity index (χ1v) is 5.60. The van der Waals surface area contributed by atoms with Gasteiger partial charge in [-0.15, -0.1) is 0 Å². The van der Waals surface area contributed by atoms with E-state index in [-0.39, 0.29) is 11.3 Å². The van der Waals surface area contributed by atoms with Crippen molar-refractivity contribution in [2.24, 2.45) is 0 Å². The minimum Gasteiger partial charge on any atom is -0.396 e. The first kappa shape index (κ1) is 13.0. The van der Waals surface area contributed by atoms with Crippen LogP contribution in [-0.2, 0) is 0 Å². The molecule has 98 valence electrons. The van der Waals surface area contributed by atoms with Crippen molar-refractivity contribution >= 4 is 17.3 Å². The number of amides is 1. The number of rotatable bonds is 2. The zero-order chi connectivity index (χ0) is 14.0. The van der Waals surface area contributed by atoms with Crippen LogP contribution in [0.2, 0.25) is 0 Å². The van der Waals surface area contributed by atoms with Gasteiger partial charge in [-0.1, -0.05) is 6.07 Å². The molecule has 0 radical (unpaired) electrons. The van der Waals surface area contributed by atoms with Gasteiger partial charge in [0.15, 0.2) is 0 Å². The van der Waals surface area contributed by atoms with Crippen LogP contribution in [0.15, 0.2) is 36.4 Å². The molecule has 0 aliphatic rings. The van der Waals surface area contributed by atoms with Gasteiger partial charge in [0, 0.05) is 16.8 Å². The number of hydrogen-bond acceptors (Lipinski definition) is 2. The van der Waals surface area contributed by atoms with Crippen LogP contribution in [0.5, 0.6) is 0 Å². The summed E-state index contributed by atoms with van der Waals surface area (Å²) in [7, 11) is 0. The summed E-state index contributed by atoms with van der Waals surface area (Å²) in [5.41, 5.74) is 6.10. The molecule has 19 heavy (non-hydrogen) atoms. The molecular weight excluding hydrogens is 250 g/mol. The Hall–Kier alpha value is -2.43. The van der Waals surface area contributed by atoms with E-state index in [1.54, 1.807) is 13.0 Å². The fourth-order valence-corrected chi connectivity index (χ4v) is 1.61. The van der Waals surface area contributed by atoms with Crippen molar-refractivity contribution in [2.45, 2.75) is 6.92 Å². The van der Waals surface area contributed by atoms with E-state index < -0.39 is 17.5 Å². The van der Waals surface area contributed by atoms with Crippen LogP contribution < -0.4 is 11.1 Å². The predicted octanol–water partition coefficient (Wildman–Crippen LogP) is 3.11. The lowest BCUT2D eigenvalue weighted by Crippen LogP contribution is -2.13. The average molecular weight is 262 g/mol. The molecule has 0 aromatic heterocycles. The summed E-state index contributed by atoms with van der Waals surface area (Å²) < 4.78 is 26.6. The molecule has 2 aromatic carbocycles. The van der Waals surface area contributed by atoms with E-state index in [2.05, 4.69) is 5.32 Å².